The number of hydrogen-bond acceptors (Lipinski definition) is 1. The van der Waals surface area contributed by atoms with Gasteiger partial charge in [0, 0.05) is 11.8 Å². The van der Waals surface area contributed by atoms with Crippen LogP contribution in [-0.4, -0.2) is 17.0 Å². The fraction of sp³-hybridized carbons (Fsp3) is 0.875. The van der Waals surface area contributed by atoms with Crippen LogP contribution >= 0.6 is 0 Å². The van der Waals surface area contributed by atoms with Crippen LogP contribution in [0, 0.1) is 11.3 Å². The average Bonchev–Trinajstić information content (AvgIpc) is 1.78. The van der Waals surface area contributed by atoms with Crippen molar-refractivity contribution in [3.8, 4) is 0 Å². The highest BCUT2D eigenvalue weighted by Gasteiger charge is 2.72. The van der Waals surface area contributed by atoms with Crippen LogP contribution < -0.4 is 0 Å². The molecule has 0 aromatic heterocycles. The summed E-state index contributed by atoms with van der Waals surface area (Å²) in [6, 6.07) is 0. The first kappa shape index (κ1) is 7.95. The second-order valence-corrected chi connectivity index (χ2v) is 3.81. The van der Waals surface area contributed by atoms with Crippen molar-refractivity contribution in [2.45, 2.75) is 31.6 Å². The van der Waals surface area contributed by atoms with E-state index in [1.165, 1.54) is 0 Å². The Balaban J connectivity index is 2.19. The van der Waals surface area contributed by atoms with Gasteiger partial charge in [0.2, 0.25) is 0 Å². The lowest BCUT2D eigenvalue weighted by molar-refractivity contribution is -0.276. The summed E-state index contributed by atoms with van der Waals surface area (Å²) in [5.41, 5.74) is -1.15. The Bertz CT molecular complexity index is 233. The average molecular weight is 176 g/mol. The minimum absolute atomic E-state index is 0.386. The van der Waals surface area contributed by atoms with E-state index in [9.17, 15) is 13.6 Å². The molecule has 4 heteroatoms. The maximum atomic E-state index is 13.0. The summed E-state index contributed by atoms with van der Waals surface area (Å²) in [6.07, 6.45) is 1.07. The van der Waals surface area contributed by atoms with E-state index in [2.05, 4.69) is 0 Å². The molecule has 1 N–H and O–H groups in total. The molecule has 2 rings (SSSR count). The van der Waals surface area contributed by atoms with Crippen molar-refractivity contribution in [1.82, 2.24) is 0 Å². The van der Waals surface area contributed by atoms with Crippen LogP contribution in [0.15, 0.2) is 0 Å². The highest BCUT2D eigenvalue weighted by atomic mass is 19.3. The van der Waals surface area contributed by atoms with E-state index in [1.54, 1.807) is 0 Å². The van der Waals surface area contributed by atoms with E-state index in [0.717, 1.165) is 6.42 Å². The Morgan fingerprint density at radius 1 is 1.42 bits per heavy atom. The Labute approximate surface area is 68.6 Å². The van der Waals surface area contributed by atoms with Gasteiger partial charge in [-0.05, 0) is 12.8 Å². The number of carbonyl (C=O) groups is 1. The second kappa shape index (κ2) is 1.98. The van der Waals surface area contributed by atoms with Gasteiger partial charge in [0.05, 0.1) is 5.92 Å². The quantitative estimate of drug-likeness (QED) is 0.662. The molecule has 2 fully saturated rings. The molecule has 0 radical (unpaired) electrons. The highest BCUT2D eigenvalue weighted by molar-refractivity contribution is 5.73. The normalized spacial score (nSPS) is 35.3. The van der Waals surface area contributed by atoms with Gasteiger partial charge in [0.15, 0.2) is 0 Å². The third-order valence-electron chi connectivity index (χ3n) is 3.40. The van der Waals surface area contributed by atoms with Crippen molar-refractivity contribution < 1.29 is 18.7 Å². The van der Waals surface area contributed by atoms with Crippen molar-refractivity contribution in [3.63, 3.8) is 0 Å². The zero-order chi connectivity index (χ0) is 8.98. The van der Waals surface area contributed by atoms with Crippen molar-refractivity contribution in [1.29, 1.82) is 0 Å². The van der Waals surface area contributed by atoms with Gasteiger partial charge >= 0.3 is 5.97 Å². The predicted octanol–water partition coefficient (Wildman–Crippen LogP) is 1.90. The van der Waals surface area contributed by atoms with Crippen LogP contribution in [0.2, 0.25) is 0 Å². The van der Waals surface area contributed by atoms with Crippen LogP contribution in [0.5, 0.6) is 0 Å². The molecule has 1 unspecified atom stereocenters. The standard InChI is InChI=1S/C8H10F2O2/c9-8(10)4-5(6(11)12)7(8)2-1-3-7/h5H,1-4H2,(H,11,12). The van der Waals surface area contributed by atoms with Crippen LogP contribution in [0.4, 0.5) is 8.78 Å². The predicted molar refractivity (Wildman–Crippen MR) is 37.0 cm³/mol. The fourth-order valence-corrected chi connectivity index (χ4v) is 2.37. The van der Waals surface area contributed by atoms with Gasteiger partial charge in [-0.2, -0.15) is 0 Å². The minimum atomic E-state index is -2.71. The lowest BCUT2D eigenvalue weighted by Gasteiger charge is -2.59. The molecule has 1 atom stereocenters. The maximum absolute atomic E-state index is 13.0. The topological polar surface area (TPSA) is 37.3 Å². The lowest BCUT2D eigenvalue weighted by atomic mass is 9.47. The summed E-state index contributed by atoms with van der Waals surface area (Å²) in [5.74, 6) is -4.56. The summed E-state index contributed by atoms with van der Waals surface area (Å²) in [7, 11) is 0. The molecule has 0 aromatic carbocycles. The molecule has 0 aliphatic heterocycles. The van der Waals surface area contributed by atoms with E-state index >= 15 is 0 Å². The number of halogens is 2. The highest BCUT2D eigenvalue weighted by Crippen LogP contribution is 2.67. The molecule has 0 saturated heterocycles. The first-order valence-corrected chi connectivity index (χ1v) is 4.10. The number of carboxylic acid groups (broad SMARTS) is 1. The van der Waals surface area contributed by atoms with E-state index in [0.29, 0.717) is 12.8 Å². The van der Waals surface area contributed by atoms with Gasteiger partial charge in [-0.1, -0.05) is 6.42 Å². The first-order valence-electron chi connectivity index (χ1n) is 4.10. The summed E-state index contributed by atoms with van der Waals surface area (Å²) in [4.78, 5) is 10.5. The van der Waals surface area contributed by atoms with E-state index in [4.69, 9.17) is 5.11 Å². The van der Waals surface area contributed by atoms with Gasteiger partial charge in [0.25, 0.3) is 5.92 Å². The van der Waals surface area contributed by atoms with Gasteiger partial charge in [0.1, 0.15) is 0 Å². The van der Waals surface area contributed by atoms with Crippen LogP contribution in [-0.2, 0) is 4.79 Å². The van der Waals surface area contributed by atoms with Gasteiger partial charge in [-0.15, -0.1) is 0 Å². The van der Waals surface area contributed by atoms with Crippen molar-refractivity contribution >= 4 is 5.97 Å². The zero-order valence-corrected chi connectivity index (χ0v) is 6.52. The third-order valence-corrected chi connectivity index (χ3v) is 3.40. The molecule has 68 valence electrons. The molecule has 2 aliphatic carbocycles. The number of alkyl halides is 2. The molecule has 0 aromatic rings. The van der Waals surface area contributed by atoms with Crippen LogP contribution in [0.3, 0.4) is 0 Å². The van der Waals surface area contributed by atoms with E-state index < -0.39 is 29.6 Å². The maximum Gasteiger partial charge on any atom is 0.307 e. The third kappa shape index (κ3) is 0.660. The number of aliphatic carboxylic acids is 1. The van der Waals surface area contributed by atoms with E-state index in [1.807, 2.05) is 0 Å². The molecular formula is C8H10F2O2. The fourth-order valence-electron chi connectivity index (χ4n) is 2.37. The molecule has 2 saturated carbocycles. The number of rotatable bonds is 1. The molecule has 0 bridgehead atoms. The molecule has 0 heterocycles. The van der Waals surface area contributed by atoms with Crippen LogP contribution in [0.25, 0.3) is 0 Å². The minimum Gasteiger partial charge on any atom is -0.481 e. The first-order chi connectivity index (χ1) is 5.50. The molecule has 1 spiro atoms. The van der Waals surface area contributed by atoms with Gasteiger partial charge < -0.3 is 5.11 Å². The lowest BCUT2D eigenvalue weighted by Crippen LogP contribution is -2.64. The molecular weight excluding hydrogens is 166 g/mol. The second-order valence-electron chi connectivity index (χ2n) is 3.81. The van der Waals surface area contributed by atoms with Crippen LogP contribution in [0.1, 0.15) is 25.7 Å². The SMILES string of the molecule is O=C(O)C1CC(F)(F)C12CCC2. The smallest absolute Gasteiger partial charge is 0.307 e. The van der Waals surface area contributed by atoms with Crippen molar-refractivity contribution in [2.24, 2.45) is 11.3 Å². The molecule has 12 heavy (non-hydrogen) atoms. The zero-order valence-electron chi connectivity index (χ0n) is 6.52. The summed E-state index contributed by atoms with van der Waals surface area (Å²) < 4.78 is 26.0. The van der Waals surface area contributed by atoms with Gasteiger partial charge in [-0.3, -0.25) is 4.79 Å². The Morgan fingerprint density at radius 2 is 2.00 bits per heavy atom. The summed E-state index contributed by atoms with van der Waals surface area (Å²) in [6.45, 7) is 0. The summed E-state index contributed by atoms with van der Waals surface area (Å²) >= 11 is 0. The van der Waals surface area contributed by atoms with Crippen molar-refractivity contribution in [2.75, 3.05) is 0 Å². The largest absolute Gasteiger partial charge is 0.481 e. The number of carboxylic acids is 1. The molecule has 0 amide bonds. The summed E-state index contributed by atoms with van der Waals surface area (Å²) in [5, 5.41) is 8.63. The Kier molecular flexibility index (Phi) is 1.31. The van der Waals surface area contributed by atoms with E-state index in [-0.39, 0.29) is 0 Å². The molecule has 2 nitrogen and oxygen atoms in total. The molecule has 2 aliphatic rings. The number of hydrogen-bond donors (Lipinski definition) is 1. The van der Waals surface area contributed by atoms with Crippen molar-refractivity contribution in [3.05, 3.63) is 0 Å². The Morgan fingerprint density at radius 3 is 2.17 bits per heavy atom. The van der Waals surface area contributed by atoms with Gasteiger partial charge in [-0.25, -0.2) is 8.78 Å². The monoisotopic (exact) mass is 176 g/mol. The Hall–Kier alpha value is -0.670.